The van der Waals surface area contributed by atoms with Gasteiger partial charge in [0.1, 0.15) is 12.1 Å². The lowest BCUT2D eigenvalue weighted by Crippen LogP contribution is -2.49. The summed E-state index contributed by atoms with van der Waals surface area (Å²) >= 11 is 0. The van der Waals surface area contributed by atoms with E-state index in [9.17, 15) is 4.79 Å². The average molecular weight is 249 g/mol. The average Bonchev–Trinajstić information content (AvgIpc) is 2.78. The number of ether oxygens (including phenoxy) is 3. The van der Waals surface area contributed by atoms with Crippen molar-refractivity contribution in [1.29, 1.82) is 0 Å². The number of nitrogens with one attached hydrogen (secondary N) is 1. The van der Waals surface area contributed by atoms with E-state index in [-0.39, 0.29) is 18.2 Å². The molecule has 0 bridgehead atoms. The largest absolute Gasteiger partial charge is 0.444 e. The van der Waals surface area contributed by atoms with Gasteiger partial charge in [-0.3, -0.25) is 0 Å². The molecule has 5 nitrogen and oxygen atoms in total. The molecule has 0 aliphatic carbocycles. The molecule has 2 heterocycles. The van der Waals surface area contributed by atoms with Gasteiger partial charge >= 0.3 is 6.09 Å². The molecule has 0 aromatic heterocycles. The van der Waals surface area contributed by atoms with E-state index in [1.807, 2.05) is 30.3 Å². The van der Waals surface area contributed by atoms with Crippen LogP contribution >= 0.6 is 0 Å². The number of fused-ring (bicyclic) bond motifs is 1. The first-order valence-electron chi connectivity index (χ1n) is 6.07. The van der Waals surface area contributed by atoms with Gasteiger partial charge in [0.15, 0.2) is 6.29 Å². The van der Waals surface area contributed by atoms with Gasteiger partial charge in [-0.05, 0) is 5.56 Å². The Bertz CT molecular complexity index is 422. The minimum Gasteiger partial charge on any atom is -0.444 e. The Morgan fingerprint density at radius 1 is 1.33 bits per heavy atom. The predicted octanol–water partition coefficient (Wildman–Crippen LogP) is 1.43. The maximum Gasteiger partial charge on any atom is 0.408 e. The molecule has 1 amide bonds. The van der Waals surface area contributed by atoms with Crippen molar-refractivity contribution in [2.45, 2.75) is 31.5 Å². The lowest BCUT2D eigenvalue weighted by atomic mass is 10.1. The number of amides is 1. The second-order valence-corrected chi connectivity index (χ2v) is 4.44. The van der Waals surface area contributed by atoms with Crippen molar-refractivity contribution in [3.63, 3.8) is 0 Å². The first-order chi connectivity index (χ1) is 8.83. The van der Waals surface area contributed by atoms with E-state index in [0.29, 0.717) is 19.6 Å². The van der Waals surface area contributed by atoms with Crippen LogP contribution in [0.5, 0.6) is 0 Å². The third-order valence-corrected chi connectivity index (χ3v) is 3.18. The van der Waals surface area contributed by atoms with Crippen LogP contribution in [0, 0.1) is 0 Å². The molecule has 2 fully saturated rings. The first-order valence-corrected chi connectivity index (χ1v) is 6.07. The Labute approximate surface area is 105 Å². The molecule has 2 aliphatic heterocycles. The number of rotatable bonds is 3. The zero-order chi connectivity index (χ0) is 12.4. The molecule has 1 N–H and O–H groups in total. The van der Waals surface area contributed by atoms with Gasteiger partial charge in [-0.15, -0.1) is 0 Å². The third-order valence-electron chi connectivity index (χ3n) is 3.18. The molecule has 1 aromatic rings. The minimum atomic E-state index is -0.435. The Balaban J connectivity index is 1.60. The molecule has 2 saturated heterocycles. The van der Waals surface area contributed by atoms with Crippen LogP contribution < -0.4 is 5.32 Å². The molecule has 0 radical (unpaired) electrons. The highest BCUT2D eigenvalue weighted by Crippen LogP contribution is 2.24. The lowest BCUT2D eigenvalue weighted by Gasteiger charge is -2.31. The van der Waals surface area contributed by atoms with Crippen molar-refractivity contribution >= 4 is 6.09 Å². The smallest absolute Gasteiger partial charge is 0.408 e. The van der Waals surface area contributed by atoms with Crippen LogP contribution in [0.15, 0.2) is 30.3 Å². The molecule has 2 aliphatic rings. The van der Waals surface area contributed by atoms with Gasteiger partial charge in [0, 0.05) is 6.42 Å². The van der Waals surface area contributed by atoms with Crippen LogP contribution in [-0.2, 0) is 20.8 Å². The van der Waals surface area contributed by atoms with Gasteiger partial charge in [0.25, 0.3) is 0 Å². The maximum atomic E-state index is 11.2. The fourth-order valence-corrected chi connectivity index (χ4v) is 2.26. The maximum absolute atomic E-state index is 11.2. The topological polar surface area (TPSA) is 56.8 Å². The normalized spacial score (nSPS) is 30.4. The van der Waals surface area contributed by atoms with Gasteiger partial charge in [0.2, 0.25) is 0 Å². The van der Waals surface area contributed by atoms with E-state index in [2.05, 4.69) is 5.32 Å². The van der Waals surface area contributed by atoms with Crippen LogP contribution in [0.1, 0.15) is 12.0 Å². The molecule has 0 saturated carbocycles. The molecule has 96 valence electrons. The molecule has 0 unspecified atom stereocenters. The fourth-order valence-electron chi connectivity index (χ4n) is 2.26. The minimum absolute atomic E-state index is 0.132. The highest BCUT2D eigenvalue weighted by atomic mass is 16.7. The van der Waals surface area contributed by atoms with Crippen molar-refractivity contribution < 1.29 is 19.0 Å². The van der Waals surface area contributed by atoms with Gasteiger partial charge in [-0.2, -0.15) is 0 Å². The first kappa shape index (κ1) is 11.5. The molecule has 5 heteroatoms. The monoisotopic (exact) mass is 249 g/mol. The summed E-state index contributed by atoms with van der Waals surface area (Å²) in [5, 5.41) is 2.73. The van der Waals surface area contributed by atoms with Crippen molar-refractivity contribution in [3.8, 4) is 0 Å². The predicted molar refractivity (Wildman–Crippen MR) is 62.8 cm³/mol. The van der Waals surface area contributed by atoms with E-state index in [1.54, 1.807) is 0 Å². The van der Waals surface area contributed by atoms with Crippen molar-refractivity contribution in [1.82, 2.24) is 5.32 Å². The Hall–Kier alpha value is -1.59. The van der Waals surface area contributed by atoms with Gasteiger partial charge in [-0.25, -0.2) is 4.79 Å². The van der Waals surface area contributed by atoms with E-state index in [1.165, 1.54) is 0 Å². The highest BCUT2D eigenvalue weighted by molar-refractivity contribution is 5.70. The number of carbonyl (C=O) groups is 1. The zero-order valence-electron chi connectivity index (χ0n) is 9.87. The van der Waals surface area contributed by atoms with Crippen LogP contribution in [0.4, 0.5) is 4.79 Å². The van der Waals surface area contributed by atoms with E-state index >= 15 is 0 Å². The summed E-state index contributed by atoms with van der Waals surface area (Å²) in [5.41, 5.74) is 1.08. The quantitative estimate of drug-likeness (QED) is 0.880. The molecule has 18 heavy (non-hydrogen) atoms. The van der Waals surface area contributed by atoms with E-state index in [0.717, 1.165) is 5.56 Å². The summed E-state index contributed by atoms with van der Waals surface area (Å²) in [6, 6.07) is 9.67. The standard InChI is InChI=1S/C13H15NO4/c15-13-14-11-10(18-13)6-7-16-12(11)17-8-9-4-2-1-3-5-9/h1-5,10-12H,6-8H2,(H,14,15)/t10-,11-,12+/m0/s1. The lowest BCUT2D eigenvalue weighted by molar-refractivity contribution is -0.194. The summed E-state index contributed by atoms with van der Waals surface area (Å²) in [4.78, 5) is 11.2. The van der Waals surface area contributed by atoms with Crippen LogP contribution in [0.2, 0.25) is 0 Å². The summed E-state index contributed by atoms with van der Waals surface area (Å²) in [5.74, 6) is 0. The van der Waals surface area contributed by atoms with Gasteiger partial charge in [-0.1, -0.05) is 30.3 Å². The number of benzene rings is 1. The molecule has 1 aromatic carbocycles. The number of hydrogen-bond acceptors (Lipinski definition) is 4. The second-order valence-electron chi connectivity index (χ2n) is 4.44. The van der Waals surface area contributed by atoms with Crippen molar-refractivity contribution in [2.24, 2.45) is 0 Å². The van der Waals surface area contributed by atoms with Gasteiger partial charge < -0.3 is 19.5 Å². The van der Waals surface area contributed by atoms with Gasteiger partial charge in [0.05, 0.1) is 13.2 Å². The second kappa shape index (κ2) is 4.96. The van der Waals surface area contributed by atoms with E-state index in [4.69, 9.17) is 14.2 Å². The third kappa shape index (κ3) is 2.32. The summed E-state index contributed by atoms with van der Waals surface area (Å²) in [6.45, 7) is 1.01. The van der Waals surface area contributed by atoms with E-state index < -0.39 is 6.29 Å². The summed E-state index contributed by atoms with van der Waals surface area (Å²) in [6.07, 6.45) is -0.236. The van der Waals surface area contributed by atoms with Crippen LogP contribution in [0.3, 0.4) is 0 Å². The number of carbonyl (C=O) groups excluding carboxylic acids is 1. The van der Waals surface area contributed by atoms with Crippen molar-refractivity contribution in [3.05, 3.63) is 35.9 Å². The Morgan fingerprint density at radius 2 is 2.17 bits per heavy atom. The molecule has 0 spiro atoms. The Kier molecular flexibility index (Phi) is 3.17. The SMILES string of the molecule is O=C1N[C@@H]2[C@@H](OCc3ccccc3)OCC[C@@H]2O1. The number of alkyl carbamates (subject to hydrolysis) is 1. The molecular formula is C13H15NO4. The summed E-state index contributed by atoms with van der Waals surface area (Å²) < 4.78 is 16.4. The molecule has 3 atom stereocenters. The molecular weight excluding hydrogens is 234 g/mol. The van der Waals surface area contributed by atoms with Crippen LogP contribution in [0.25, 0.3) is 0 Å². The fraction of sp³-hybridized carbons (Fsp3) is 0.462. The molecule has 3 rings (SSSR count). The van der Waals surface area contributed by atoms with Crippen molar-refractivity contribution in [2.75, 3.05) is 6.61 Å². The zero-order valence-corrected chi connectivity index (χ0v) is 9.87. The number of hydrogen-bond donors (Lipinski definition) is 1. The Morgan fingerprint density at radius 3 is 3.00 bits per heavy atom. The highest BCUT2D eigenvalue weighted by Gasteiger charge is 2.43. The van der Waals surface area contributed by atoms with Crippen LogP contribution in [-0.4, -0.2) is 31.1 Å². The summed E-state index contributed by atoms with van der Waals surface area (Å²) in [7, 11) is 0.